The van der Waals surface area contributed by atoms with E-state index in [-0.39, 0.29) is 18.2 Å². The van der Waals surface area contributed by atoms with E-state index in [2.05, 4.69) is 5.32 Å². The van der Waals surface area contributed by atoms with E-state index in [1.165, 1.54) is 19.1 Å². The zero-order valence-electron chi connectivity index (χ0n) is 16.1. The van der Waals surface area contributed by atoms with Gasteiger partial charge >= 0.3 is 6.18 Å². The minimum atomic E-state index is -4.36. The molecule has 0 bridgehead atoms. The van der Waals surface area contributed by atoms with Crippen molar-refractivity contribution in [3.63, 3.8) is 0 Å². The maximum absolute atomic E-state index is 12.9. The summed E-state index contributed by atoms with van der Waals surface area (Å²) in [6.07, 6.45) is -4.36. The second kappa shape index (κ2) is 8.65. The number of amides is 1. The van der Waals surface area contributed by atoms with Crippen molar-refractivity contribution in [3.05, 3.63) is 59.7 Å². The third-order valence-corrected chi connectivity index (χ3v) is 4.97. The van der Waals surface area contributed by atoms with Crippen molar-refractivity contribution in [3.8, 4) is 0 Å². The number of ketones is 1. The topological polar surface area (TPSA) is 53.9 Å². The fourth-order valence-electron chi connectivity index (χ4n) is 3.39. The Balaban J connectivity index is 1.53. The molecule has 1 fully saturated rings. The van der Waals surface area contributed by atoms with Gasteiger partial charge in [-0.2, -0.15) is 13.2 Å². The standard InChI is InChI=1S/C21H22F3N3O2/c1-15(28)16-4-2-6-18(12-16)25-20(29)14-26-8-10-27(11-9-26)19-7-3-5-17(13-19)21(22,23)24/h2-7,12-13H,8-11,14H2,1H3,(H,25,29)/p+1. The first-order valence-electron chi connectivity index (χ1n) is 9.39. The predicted octanol–water partition coefficient (Wildman–Crippen LogP) is 2.25. The molecule has 0 unspecified atom stereocenters. The fourth-order valence-corrected chi connectivity index (χ4v) is 3.39. The summed E-state index contributed by atoms with van der Waals surface area (Å²) in [7, 11) is 0. The van der Waals surface area contributed by atoms with E-state index in [1.54, 1.807) is 30.3 Å². The zero-order chi connectivity index (χ0) is 21.0. The van der Waals surface area contributed by atoms with Gasteiger partial charge < -0.3 is 15.1 Å². The molecule has 0 spiro atoms. The summed E-state index contributed by atoms with van der Waals surface area (Å²) in [5.74, 6) is -0.231. The number of benzene rings is 2. The van der Waals surface area contributed by atoms with Crippen molar-refractivity contribution in [2.45, 2.75) is 13.1 Å². The summed E-state index contributed by atoms with van der Waals surface area (Å²) in [6, 6.07) is 12.1. The number of carbonyl (C=O) groups excluding carboxylic acids is 2. The molecule has 0 saturated carbocycles. The molecular formula is C21H23F3N3O2+. The highest BCUT2D eigenvalue weighted by atomic mass is 19.4. The Morgan fingerprint density at radius 2 is 1.76 bits per heavy atom. The van der Waals surface area contributed by atoms with Gasteiger partial charge in [0.1, 0.15) is 0 Å². The maximum atomic E-state index is 12.9. The Labute approximate surface area is 167 Å². The van der Waals surface area contributed by atoms with Crippen LogP contribution in [0, 0.1) is 0 Å². The van der Waals surface area contributed by atoms with E-state index in [0.29, 0.717) is 43.1 Å². The van der Waals surface area contributed by atoms with Gasteiger partial charge in [-0.05, 0) is 37.3 Å². The second-order valence-electron chi connectivity index (χ2n) is 7.15. The molecule has 5 nitrogen and oxygen atoms in total. The molecule has 2 N–H and O–H groups in total. The number of carbonyl (C=O) groups is 2. The number of nitrogens with zero attached hydrogens (tertiary/aromatic N) is 1. The third-order valence-electron chi connectivity index (χ3n) is 4.97. The van der Waals surface area contributed by atoms with Crippen molar-refractivity contribution in [1.82, 2.24) is 0 Å². The number of anilines is 2. The molecule has 0 atom stereocenters. The molecule has 2 aromatic rings. The monoisotopic (exact) mass is 406 g/mol. The third kappa shape index (κ3) is 5.57. The number of hydrogen-bond donors (Lipinski definition) is 2. The van der Waals surface area contributed by atoms with Crippen molar-refractivity contribution in [2.24, 2.45) is 0 Å². The van der Waals surface area contributed by atoms with Gasteiger partial charge in [-0.15, -0.1) is 0 Å². The number of piperazine rings is 1. The van der Waals surface area contributed by atoms with Gasteiger partial charge in [-0.1, -0.05) is 18.2 Å². The van der Waals surface area contributed by atoms with Gasteiger partial charge in [0.15, 0.2) is 12.3 Å². The van der Waals surface area contributed by atoms with Crippen LogP contribution >= 0.6 is 0 Å². The fraction of sp³-hybridized carbons (Fsp3) is 0.333. The normalized spacial score (nSPS) is 15.2. The van der Waals surface area contributed by atoms with Gasteiger partial charge in [-0.3, -0.25) is 9.59 Å². The molecular weight excluding hydrogens is 383 g/mol. The maximum Gasteiger partial charge on any atom is 0.416 e. The van der Waals surface area contributed by atoms with Crippen molar-refractivity contribution in [2.75, 3.05) is 42.9 Å². The summed E-state index contributed by atoms with van der Waals surface area (Å²) < 4.78 is 38.7. The van der Waals surface area contributed by atoms with Gasteiger partial charge in [0.05, 0.1) is 31.7 Å². The minimum Gasteiger partial charge on any atom is -0.360 e. The average Bonchev–Trinajstić information content (AvgIpc) is 2.68. The van der Waals surface area contributed by atoms with Crippen LogP contribution in [0.1, 0.15) is 22.8 Å². The zero-order valence-corrected chi connectivity index (χ0v) is 16.1. The Morgan fingerprint density at radius 1 is 1.07 bits per heavy atom. The molecule has 1 aliphatic heterocycles. The van der Waals surface area contributed by atoms with Crippen LogP contribution in [0.25, 0.3) is 0 Å². The van der Waals surface area contributed by atoms with Crippen molar-refractivity contribution < 1.29 is 27.7 Å². The average molecular weight is 406 g/mol. The minimum absolute atomic E-state index is 0.0718. The summed E-state index contributed by atoms with van der Waals surface area (Å²) >= 11 is 0. The van der Waals surface area contributed by atoms with Crippen LogP contribution in [0.15, 0.2) is 48.5 Å². The van der Waals surface area contributed by atoms with E-state index in [9.17, 15) is 22.8 Å². The number of nitrogens with one attached hydrogen (secondary N) is 2. The first-order valence-corrected chi connectivity index (χ1v) is 9.39. The lowest BCUT2D eigenvalue weighted by Gasteiger charge is -2.33. The van der Waals surface area contributed by atoms with Crippen LogP contribution in [0.3, 0.4) is 0 Å². The lowest BCUT2D eigenvalue weighted by Crippen LogP contribution is -3.15. The molecule has 1 saturated heterocycles. The van der Waals surface area contributed by atoms with Crippen LogP contribution in [0.5, 0.6) is 0 Å². The lowest BCUT2D eigenvalue weighted by atomic mass is 10.1. The first kappa shape index (κ1) is 20.9. The number of hydrogen-bond acceptors (Lipinski definition) is 3. The number of halogens is 3. The van der Waals surface area contributed by atoms with Gasteiger partial charge in [0, 0.05) is 16.9 Å². The molecule has 0 radical (unpaired) electrons. The number of Topliss-reactive ketones (excluding diaryl/α,β-unsaturated/α-hetero) is 1. The Kier molecular flexibility index (Phi) is 6.22. The van der Waals surface area contributed by atoms with Crippen LogP contribution in [0.4, 0.5) is 24.5 Å². The van der Waals surface area contributed by atoms with Gasteiger partial charge in [0.2, 0.25) is 0 Å². The number of alkyl halides is 3. The Bertz CT molecular complexity index is 891. The summed E-state index contributed by atoms with van der Waals surface area (Å²) in [5.41, 5.74) is 0.996. The van der Waals surface area contributed by atoms with Crippen LogP contribution in [-0.2, 0) is 11.0 Å². The van der Waals surface area contributed by atoms with Crippen LogP contribution in [-0.4, -0.2) is 44.4 Å². The molecule has 0 aliphatic carbocycles. The molecule has 0 aromatic heterocycles. The Hall–Kier alpha value is -2.87. The molecule has 1 amide bonds. The molecule has 3 rings (SSSR count). The molecule has 2 aromatic carbocycles. The van der Waals surface area contributed by atoms with E-state index in [4.69, 9.17) is 0 Å². The molecule has 8 heteroatoms. The van der Waals surface area contributed by atoms with E-state index >= 15 is 0 Å². The number of quaternary nitrogens is 1. The molecule has 154 valence electrons. The quantitative estimate of drug-likeness (QED) is 0.749. The van der Waals surface area contributed by atoms with Crippen LogP contribution in [0.2, 0.25) is 0 Å². The van der Waals surface area contributed by atoms with E-state index in [0.717, 1.165) is 11.0 Å². The van der Waals surface area contributed by atoms with Gasteiger partial charge in [-0.25, -0.2) is 0 Å². The largest absolute Gasteiger partial charge is 0.416 e. The highest BCUT2D eigenvalue weighted by Crippen LogP contribution is 2.31. The first-order chi connectivity index (χ1) is 13.7. The number of rotatable bonds is 5. The van der Waals surface area contributed by atoms with Crippen LogP contribution < -0.4 is 15.1 Å². The molecule has 1 aliphatic rings. The SMILES string of the molecule is CC(=O)c1cccc(NC(=O)C[NH+]2CCN(c3cccc(C(F)(F)F)c3)CC2)c1. The summed E-state index contributed by atoms with van der Waals surface area (Å²) in [4.78, 5) is 26.7. The predicted molar refractivity (Wildman–Crippen MR) is 104 cm³/mol. The lowest BCUT2D eigenvalue weighted by molar-refractivity contribution is -0.892. The van der Waals surface area contributed by atoms with Gasteiger partial charge in [0.25, 0.3) is 5.91 Å². The molecule has 29 heavy (non-hydrogen) atoms. The smallest absolute Gasteiger partial charge is 0.360 e. The van der Waals surface area contributed by atoms with E-state index in [1.807, 2.05) is 4.90 Å². The Morgan fingerprint density at radius 3 is 2.41 bits per heavy atom. The van der Waals surface area contributed by atoms with Crippen molar-refractivity contribution in [1.29, 1.82) is 0 Å². The summed E-state index contributed by atoms with van der Waals surface area (Å²) in [5, 5.41) is 2.80. The molecule has 1 heterocycles. The van der Waals surface area contributed by atoms with E-state index < -0.39 is 11.7 Å². The second-order valence-corrected chi connectivity index (χ2v) is 7.15. The summed E-state index contributed by atoms with van der Waals surface area (Å²) in [6.45, 7) is 4.18. The highest BCUT2D eigenvalue weighted by Gasteiger charge is 2.31. The van der Waals surface area contributed by atoms with Crippen molar-refractivity contribution >= 4 is 23.1 Å². The highest BCUT2D eigenvalue weighted by molar-refractivity contribution is 5.97.